The molecule has 1 aromatic rings. The van der Waals surface area contributed by atoms with Gasteiger partial charge in [0, 0.05) is 23.2 Å². The van der Waals surface area contributed by atoms with E-state index in [4.69, 9.17) is 9.47 Å². The van der Waals surface area contributed by atoms with Crippen LogP contribution < -0.4 is 9.47 Å². The van der Waals surface area contributed by atoms with E-state index in [0.29, 0.717) is 29.0 Å². The number of benzene rings is 1. The third kappa shape index (κ3) is 1.76. The Morgan fingerprint density at radius 2 is 2.23 bits per heavy atom. The zero-order valence-corrected chi connectivity index (χ0v) is 15.3. The molecular formula is C22H25NO3. The molecule has 4 nitrogen and oxygen atoms in total. The van der Waals surface area contributed by atoms with Crippen LogP contribution in [-0.4, -0.2) is 23.1 Å². The molecule has 0 N–H and O–H groups in total. The summed E-state index contributed by atoms with van der Waals surface area (Å²) in [6, 6.07) is 5.70. The number of nitrogens with zero attached hydrogens (tertiary/aromatic N) is 1. The fourth-order valence-corrected chi connectivity index (χ4v) is 7.04. The Labute approximate surface area is 154 Å². The molecule has 2 bridgehead atoms. The summed E-state index contributed by atoms with van der Waals surface area (Å²) in [4.78, 5) is 14.4. The van der Waals surface area contributed by atoms with Crippen LogP contribution in [0.3, 0.4) is 0 Å². The Morgan fingerprint density at radius 3 is 3.08 bits per heavy atom. The van der Waals surface area contributed by atoms with Crippen molar-refractivity contribution in [3.8, 4) is 11.5 Å². The van der Waals surface area contributed by atoms with Crippen LogP contribution in [0.1, 0.15) is 44.6 Å². The van der Waals surface area contributed by atoms with Crippen LogP contribution in [0, 0.1) is 23.2 Å². The van der Waals surface area contributed by atoms with E-state index in [1.54, 1.807) is 6.92 Å². The summed E-state index contributed by atoms with van der Waals surface area (Å²) in [5.74, 6) is 4.08. The third-order valence-electron chi connectivity index (χ3n) is 8.10. The zero-order valence-electron chi connectivity index (χ0n) is 15.3. The van der Waals surface area contributed by atoms with E-state index in [1.807, 2.05) is 18.2 Å². The van der Waals surface area contributed by atoms with E-state index in [9.17, 15) is 4.79 Å². The van der Waals surface area contributed by atoms with E-state index in [-0.39, 0.29) is 5.97 Å². The van der Waals surface area contributed by atoms with Crippen LogP contribution in [0.5, 0.6) is 11.5 Å². The Kier molecular flexibility index (Phi) is 2.77. The average Bonchev–Trinajstić information content (AvgIpc) is 3.24. The van der Waals surface area contributed by atoms with Gasteiger partial charge in [-0.2, -0.15) is 0 Å². The van der Waals surface area contributed by atoms with Gasteiger partial charge in [-0.15, -0.1) is 0 Å². The number of esters is 1. The zero-order chi connectivity index (χ0) is 17.7. The van der Waals surface area contributed by atoms with Gasteiger partial charge in [-0.3, -0.25) is 4.90 Å². The molecule has 26 heavy (non-hydrogen) atoms. The second kappa shape index (κ2) is 4.72. The predicted octanol–water partition coefficient (Wildman–Crippen LogP) is 3.90. The molecule has 5 atom stereocenters. The number of carbonyl (C=O) groups excluding carboxylic acids is 1. The number of hydrogen-bond acceptors (Lipinski definition) is 4. The lowest BCUT2D eigenvalue weighted by molar-refractivity contribution is -0.130. The second-order valence-electron chi connectivity index (χ2n) is 9.39. The normalized spacial score (nSPS) is 41.3. The van der Waals surface area contributed by atoms with Crippen molar-refractivity contribution in [1.82, 2.24) is 4.90 Å². The highest BCUT2D eigenvalue weighted by molar-refractivity contribution is 5.88. The Morgan fingerprint density at radius 1 is 1.35 bits per heavy atom. The number of rotatable bonds is 3. The van der Waals surface area contributed by atoms with Crippen LogP contribution >= 0.6 is 0 Å². The molecule has 1 heterocycles. The molecule has 4 heteroatoms. The average molecular weight is 351 g/mol. The molecule has 6 rings (SSSR count). The molecule has 0 saturated heterocycles. The highest BCUT2D eigenvalue weighted by Crippen LogP contribution is 2.84. The first-order chi connectivity index (χ1) is 12.5. The summed E-state index contributed by atoms with van der Waals surface area (Å²) in [7, 11) is 0. The largest absolute Gasteiger partial charge is 0.478 e. The summed E-state index contributed by atoms with van der Waals surface area (Å²) >= 11 is 0. The van der Waals surface area contributed by atoms with Crippen molar-refractivity contribution in [2.24, 2.45) is 23.2 Å². The first kappa shape index (κ1) is 15.3. The minimum Gasteiger partial charge on any atom is -0.478 e. The first-order valence-electron chi connectivity index (χ1n) is 9.89. The number of carbonyl (C=O) groups is 1. The van der Waals surface area contributed by atoms with Crippen LogP contribution in [0.25, 0.3) is 0 Å². The number of hydrogen-bond donors (Lipinski definition) is 0. The first-order valence-corrected chi connectivity index (χ1v) is 9.89. The lowest BCUT2D eigenvalue weighted by atomic mass is 9.60. The highest BCUT2D eigenvalue weighted by Gasteiger charge is 2.82. The Hall–Kier alpha value is -1.81. The molecule has 4 aliphatic carbocycles. The van der Waals surface area contributed by atoms with Gasteiger partial charge in [0.1, 0.15) is 18.2 Å². The molecule has 4 saturated carbocycles. The van der Waals surface area contributed by atoms with Crippen molar-refractivity contribution in [2.75, 3.05) is 6.73 Å². The summed E-state index contributed by atoms with van der Waals surface area (Å²) < 4.78 is 11.5. The highest BCUT2D eigenvalue weighted by atomic mass is 16.5. The van der Waals surface area contributed by atoms with Gasteiger partial charge >= 0.3 is 5.97 Å². The van der Waals surface area contributed by atoms with Gasteiger partial charge in [0.2, 0.25) is 0 Å². The molecule has 1 aliphatic heterocycles. The molecule has 4 fully saturated rings. The summed E-state index contributed by atoms with van der Waals surface area (Å²) in [5, 5.41) is 0. The van der Waals surface area contributed by atoms with E-state index >= 15 is 0 Å². The van der Waals surface area contributed by atoms with Crippen LogP contribution in [0.15, 0.2) is 30.4 Å². The Bertz CT molecular complexity index is 848. The van der Waals surface area contributed by atoms with Crippen LogP contribution in [0.2, 0.25) is 0 Å². The van der Waals surface area contributed by atoms with Crippen LogP contribution in [0.4, 0.5) is 0 Å². The molecule has 0 radical (unpaired) electrons. The monoisotopic (exact) mass is 351 g/mol. The maximum atomic E-state index is 11.8. The van der Waals surface area contributed by atoms with Crippen molar-refractivity contribution in [3.05, 3.63) is 35.9 Å². The van der Waals surface area contributed by atoms with Crippen LogP contribution in [-0.2, 0) is 11.3 Å². The molecule has 1 spiro atoms. The van der Waals surface area contributed by atoms with Crippen molar-refractivity contribution in [3.63, 3.8) is 0 Å². The van der Waals surface area contributed by atoms with Gasteiger partial charge in [-0.25, -0.2) is 4.79 Å². The quantitative estimate of drug-likeness (QED) is 0.470. The second-order valence-corrected chi connectivity index (χ2v) is 9.39. The lowest BCUT2D eigenvalue weighted by Gasteiger charge is -2.50. The van der Waals surface area contributed by atoms with E-state index in [2.05, 4.69) is 11.5 Å². The summed E-state index contributed by atoms with van der Waals surface area (Å²) in [6.07, 6.45) is 7.15. The topological polar surface area (TPSA) is 38.8 Å². The number of ether oxygens (including phenoxy) is 2. The van der Waals surface area contributed by atoms with E-state index < -0.39 is 0 Å². The standard InChI is InChI=1S/C22H25NO3/c1-13(2)20(24)26-17-3-4-19-16(7-17)10-23(12-25-19)22-8-14-5-15-9-21(22,11-22)18(15)6-14/h3-4,7,14-15,18H,1,5-6,8-12H2,2H3. The maximum Gasteiger partial charge on any atom is 0.338 e. The maximum absolute atomic E-state index is 11.8. The predicted molar refractivity (Wildman–Crippen MR) is 96.6 cm³/mol. The fraction of sp³-hybridized carbons (Fsp3) is 0.591. The Balaban J connectivity index is 1.26. The molecule has 5 aliphatic rings. The van der Waals surface area contributed by atoms with Gasteiger partial charge in [-0.05, 0) is 80.4 Å². The molecule has 0 amide bonds. The molecular weight excluding hydrogens is 326 g/mol. The van der Waals surface area contributed by atoms with Gasteiger partial charge < -0.3 is 9.47 Å². The molecule has 1 aromatic carbocycles. The van der Waals surface area contributed by atoms with Gasteiger partial charge in [0.05, 0.1) is 0 Å². The number of fused-ring (bicyclic) bond motifs is 2. The third-order valence-corrected chi connectivity index (χ3v) is 8.10. The lowest BCUT2D eigenvalue weighted by Crippen LogP contribution is -2.52. The van der Waals surface area contributed by atoms with Gasteiger partial charge in [0.25, 0.3) is 0 Å². The molecule has 136 valence electrons. The van der Waals surface area contributed by atoms with Crippen molar-refractivity contribution in [1.29, 1.82) is 0 Å². The van der Waals surface area contributed by atoms with Gasteiger partial charge in [-0.1, -0.05) is 6.58 Å². The minimum atomic E-state index is -0.373. The van der Waals surface area contributed by atoms with E-state index in [1.165, 1.54) is 32.1 Å². The summed E-state index contributed by atoms with van der Waals surface area (Å²) in [5.41, 5.74) is 2.54. The van der Waals surface area contributed by atoms with Crippen molar-refractivity contribution >= 4 is 5.97 Å². The van der Waals surface area contributed by atoms with Gasteiger partial charge in [0.15, 0.2) is 0 Å². The van der Waals surface area contributed by atoms with E-state index in [0.717, 1.165) is 35.6 Å². The molecule has 5 unspecified atom stereocenters. The van der Waals surface area contributed by atoms with Crippen molar-refractivity contribution < 1.29 is 14.3 Å². The summed E-state index contributed by atoms with van der Waals surface area (Å²) in [6.45, 7) is 6.92. The SMILES string of the molecule is C=C(C)C(=O)Oc1ccc2c(c1)CN(C13CC4CC5CC1(C3)C5C4)CO2. The molecule has 0 aromatic heterocycles. The fourth-order valence-electron chi connectivity index (χ4n) is 7.04. The smallest absolute Gasteiger partial charge is 0.338 e. The minimum absolute atomic E-state index is 0.373. The van der Waals surface area contributed by atoms with Crippen molar-refractivity contribution in [2.45, 2.75) is 51.1 Å².